The van der Waals surface area contributed by atoms with Crippen LogP contribution < -0.4 is 0 Å². The normalized spacial score (nSPS) is 42.6. The molecular weight excluding hydrogens is 175 g/mol. The van der Waals surface area contributed by atoms with E-state index in [0.29, 0.717) is 6.47 Å². The molecule has 10 heavy (non-hydrogen) atoms. The number of rotatable bonds is 2. The van der Waals surface area contributed by atoms with Crippen LogP contribution in [0.5, 0.6) is 0 Å². The van der Waals surface area contributed by atoms with Gasteiger partial charge < -0.3 is 4.74 Å². The SMILES string of the molecule is CC1C(Cl)(Cl)C1(C)OC=O. The zero-order valence-electron chi connectivity index (χ0n) is 5.73. The molecule has 0 radical (unpaired) electrons. The van der Waals surface area contributed by atoms with Gasteiger partial charge in [0.2, 0.25) is 0 Å². The van der Waals surface area contributed by atoms with Crippen LogP contribution in [0.2, 0.25) is 0 Å². The first kappa shape index (κ1) is 8.15. The summed E-state index contributed by atoms with van der Waals surface area (Å²) in [7, 11) is 0. The second kappa shape index (κ2) is 2.02. The number of alkyl halides is 2. The summed E-state index contributed by atoms with van der Waals surface area (Å²) >= 11 is 11.5. The lowest BCUT2D eigenvalue weighted by molar-refractivity contribution is -0.135. The summed E-state index contributed by atoms with van der Waals surface area (Å²) in [6.45, 7) is 3.93. The van der Waals surface area contributed by atoms with E-state index in [1.165, 1.54) is 0 Å². The van der Waals surface area contributed by atoms with Crippen molar-refractivity contribution in [1.29, 1.82) is 0 Å². The lowest BCUT2D eigenvalue weighted by Gasteiger charge is -2.07. The van der Waals surface area contributed by atoms with Gasteiger partial charge in [-0.05, 0) is 6.92 Å². The minimum absolute atomic E-state index is 0.00790. The van der Waals surface area contributed by atoms with Gasteiger partial charge >= 0.3 is 0 Å². The maximum absolute atomic E-state index is 9.95. The second-order valence-corrected chi connectivity index (χ2v) is 4.05. The van der Waals surface area contributed by atoms with Crippen LogP contribution >= 0.6 is 23.2 Å². The predicted molar refractivity (Wildman–Crippen MR) is 39.2 cm³/mol. The Morgan fingerprint density at radius 2 is 2.00 bits per heavy atom. The van der Waals surface area contributed by atoms with Crippen LogP contribution in [0.3, 0.4) is 0 Å². The van der Waals surface area contributed by atoms with E-state index in [1.807, 2.05) is 6.92 Å². The van der Waals surface area contributed by atoms with Crippen LogP contribution in [0.1, 0.15) is 13.8 Å². The first-order chi connectivity index (χ1) is 4.47. The van der Waals surface area contributed by atoms with Gasteiger partial charge in [-0.25, -0.2) is 0 Å². The number of ether oxygens (including phenoxy) is 1. The number of halogens is 2. The average Bonchev–Trinajstić information content (AvgIpc) is 2.17. The zero-order valence-corrected chi connectivity index (χ0v) is 7.24. The van der Waals surface area contributed by atoms with Crippen molar-refractivity contribution in [2.45, 2.75) is 23.8 Å². The van der Waals surface area contributed by atoms with E-state index in [0.717, 1.165) is 0 Å². The Morgan fingerprint density at radius 3 is 2.10 bits per heavy atom. The molecule has 1 saturated carbocycles. The first-order valence-corrected chi connectivity index (χ1v) is 3.71. The van der Waals surface area contributed by atoms with Crippen LogP contribution in [0.15, 0.2) is 0 Å². The molecule has 0 heterocycles. The van der Waals surface area contributed by atoms with Crippen LogP contribution in [0.4, 0.5) is 0 Å². The van der Waals surface area contributed by atoms with Gasteiger partial charge in [0.05, 0.1) is 0 Å². The summed E-state index contributed by atoms with van der Waals surface area (Å²) in [4.78, 5) is 9.95. The van der Waals surface area contributed by atoms with E-state index in [1.54, 1.807) is 6.92 Å². The Bertz CT molecular complexity index is 169. The topological polar surface area (TPSA) is 26.3 Å². The van der Waals surface area contributed by atoms with Crippen molar-refractivity contribution < 1.29 is 9.53 Å². The molecule has 0 saturated heterocycles. The summed E-state index contributed by atoms with van der Waals surface area (Å²) < 4.78 is 3.83. The van der Waals surface area contributed by atoms with Gasteiger partial charge in [0.1, 0.15) is 5.60 Å². The van der Waals surface area contributed by atoms with Crippen molar-refractivity contribution in [3.8, 4) is 0 Å². The lowest BCUT2D eigenvalue weighted by Crippen LogP contribution is -2.16. The van der Waals surface area contributed by atoms with Gasteiger partial charge in [-0.1, -0.05) is 30.1 Å². The Labute approximate surface area is 69.4 Å². The number of hydrogen-bond donors (Lipinski definition) is 0. The summed E-state index contributed by atoms with van der Waals surface area (Å²) in [6.07, 6.45) is 0. The third kappa shape index (κ3) is 0.753. The third-order valence-corrected chi connectivity index (χ3v) is 3.65. The molecule has 4 heteroatoms. The van der Waals surface area contributed by atoms with Crippen molar-refractivity contribution in [3.63, 3.8) is 0 Å². The van der Waals surface area contributed by atoms with Crippen LogP contribution in [-0.2, 0) is 9.53 Å². The van der Waals surface area contributed by atoms with Crippen LogP contribution in [0.25, 0.3) is 0 Å². The predicted octanol–water partition coefficient (Wildman–Crippen LogP) is 1.74. The largest absolute Gasteiger partial charge is 0.458 e. The fraction of sp³-hybridized carbons (Fsp3) is 0.833. The molecule has 1 fully saturated rings. The van der Waals surface area contributed by atoms with Crippen molar-refractivity contribution in [2.75, 3.05) is 0 Å². The van der Waals surface area contributed by atoms with Gasteiger partial charge in [-0.2, -0.15) is 0 Å². The Kier molecular flexibility index (Phi) is 1.64. The fourth-order valence-electron chi connectivity index (χ4n) is 0.986. The summed E-state index contributed by atoms with van der Waals surface area (Å²) in [5, 5.41) is 0. The number of carbonyl (C=O) groups excluding carboxylic acids is 1. The number of hydrogen-bond acceptors (Lipinski definition) is 2. The molecular formula is C6H8Cl2O2. The summed E-state index contributed by atoms with van der Waals surface area (Å²) in [5.41, 5.74) is -0.683. The quantitative estimate of drug-likeness (QED) is 0.481. The van der Waals surface area contributed by atoms with E-state index < -0.39 is 9.93 Å². The monoisotopic (exact) mass is 182 g/mol. The molecule has 0 aromatic rings. The first-order valence-electron chi connectivity index (χ1n) is 2.96. The zero-order chi connectivity index (χ0) is 7.99. The minimum Gasteiger partial charge on any atom is -0.458 e. The molecule has 1 aliphatic rings. The molecule has 0 spiro atoms. The van der Waals surface area contributed by atoms with Gasteiger partial charge in [0, 0.05) is 5.92 Å². The van der Waals surface area contributed by atoms with E-state index in [-0.39, 0.29) is 5.92 Å². The molecule has 2 unspecified atom stereocenters. The molecule has 0 bridgehead atoms. The number of carbonyl (C=O) groups is 1. The highest BCUT2D eigenvalue weighted by Gasteiger charge is 2.73. The van der Waals surface area contributed by atoms with E-state index in [9.17, 15) is 4.79 Å². The Morgan fingerprint density at radius 1 is 1.60 bits per heavy atom. The molecule has 1 rings (SSSR count). The molecule has 2 atom stereocenters. The van der Waals surface area contributed by atoms with Gasteiger partial charge in [-0.15, -0.1) is 0 Å². The molecule has 0 aromatic carbocycles. The maximum atomic E-state index is 9.95. The van der Waals surface area contributed by atoms with Gasteiger partial charge in [0.15, 0.2) is 4.33 Å². The Hall–Kier alpha value is 0.0500. The van der Waals surface area contributed by atoms with Crippen LogP contribution in [-0.4, -0.2) is 16.4 Å². The van der Waals surface area contributed by atoms with Crippen molar-refractivity contribution in [1.82, 2.24) is 0 Å². The molecule has 1 aliphatic carbocycles. The second-order valence-electron chi connectivity index (χ2n) is 2.67. The highest BCUT2D eigenvalue weighted by atomic mass is 35.5. The van der Waals surface area contributed by atoms with E-state index >= 15 is 0 Å². The van der Waals surface area contributed by atoms with E-state index in [2.05, 4.69) is 0 Å². The van der Waals surface area contributed by atoms with Gasteiger partial charge in [0.25, 0.3) is 6.47 Å². The molecule has 58 valence electrons. The molecule has 0 aliphatic heterocycles. The average molecular weight is 183 g/mol. The summed E-state index contributed by atoms with van der Waals surface area (Å²) in [5.74, 6) is 0.00790. The molecule has 0 N–H and O–H groups in total. The minimum atomic E-state index is -0.895. The van der Waals surface area contributed by atoms with E-state index in [4.69, 9.17) is 27.9 Å². The fourth-order valence-corrected chi connectivity index (χ4v) is 1.71. The summed E-state index contributed by atoms with van der Waals surface area (Å²) in [6, 6.07) is 0. The molecule has 0 aromatic heterocycles. The maximum Gasteiger partial charge on any atom is 0.293 e. The standard InChI is InChI=1S/C6H8Cl2O2/c1-4-5(2,10-3-9)6(4,7)8/h3-4H,1-2H3. The molecule has 2 nitrogen and oxygen atoms in total. The smallest absolute Gasteiger partial charge is 0.293 e. The molecule has 0 amide bonds. The van der Waals surface area contributed by atoms with Crippen molar-refractivity contribution in [2.24, 2.45) is 5.92 Å². The van der Waals surface area contributed by atoms with Crippen LogP contribution in [0, 0.1) is 5.92 Å². The highest BCUT2D eigenvalue weighted by Crippen LogP contribution is 2.63. The third-order valence-electron chi connectivity index (χ3n) is 2.24. The lowest BCUT2D eigenvalue weighted by atomic mass is 10.3. The van der Waals surface area contributed by atoms with Crippen molar-refractivity contribution in [3.05, 3.63) is 0 Å². The van der Waals surface area contributed by atoms with Gasteiger partial charge in [-0.3, -0.25) is 4.79 Å². The van der Waals surface area contributed by atoms with Crippen molar-refractivity contribution >= 4 is 29.7 Å². The Balaban J connectivity index is 2.67. The highest BCUT2D eigenvalue weighted by molar-refractivity contribution is 6.52.